The summed E-state index contributed by atoms with van der Waals surface area (Å²) in [6.07, 6.45) is 3.37. The molecule has 0 amide bonds. The lowest BCUT2D eigenvalue weighted by Gasteiger charge is -2.18. The summed E-state index contributed by atoms with van der Waals surface area (Å²) in [4.78, 5) is 0. The quantitative estimate of drug-likeness (QED) is 0.752. The number of aryl methyl sites for hydroxylation is 1. The van der Waals surface area contributed by atoms with Crippen LogP contribution in [0.1, 0.15) is 25.3 Å². The molecule has 0 saturated heterocycles. The fourth-order valence-corrected chi connectivity index (χ4v) is 1.98. The van der Waals surface area contributed by atoms with Crippen LogP contribution in [0.3, 0.4) is 0 Å². The molecule has 0 spiro atoms. The highest BCUT2D eigenvalue weighted by molar-refractivity contribution is 5.42. The molecule has 1 aliphatic carbocycles. The van der Waals surface area contributed by atoms with Gasteiger partial charge in [0.15, 0.2) is 11.5 Å². The smallest absolute Gasteiger partial charge is 0.161 e. The Morgan fingerprint density at radius 1 is 1.37 bits per heavy atom. The van der Waals surface area contributed by atoms with Gasteiger partial charge in [0, 0.05) is 6.04 Å². The first kappa shape index (κ1) is 14.2. The Labute approximate surface area is 114 Å². The number of aliphatic hydroxyl groups excluding tert-OH is 1. The van der Waals surface area contributed by atoms with Crippen molar-refractivity contribution in [3.05, 3.63) is 23.8 Å². The second kappa shape index (κ2) is 6.78. The largest absolute Gasteiger partial charge is 0.493 e. The lowest BCUT2D eigenvalue weighted by atomic mass is 10.1. The number of ether oxygens (including phenoxy) is 2. The van der Waals surface area contributed by atoms with Gasteiger partial charge in [-0.1, -0.05) is 13.0 Å². The molecule has 1 aliphatic rings. The number of hydrogen-bond acceptors (Lipinski definition) is 4. The number of nitrogens with one attached hydrogen (secondary N) is 1. The van der Waals surface area contributed by atoms with Gasteiger partial charge in [-0.3, -0.25) is 0 Å². The summed E-state index contributed by atoms with van der Waals surface area (Å²) in [6, 6.07) is 6.52. The van der Waals surface area contributed by atoms with E-state index < -0.39 is 0 Å². The molecule has 0 heterocycles. The van der Waals surface area contributed by atoms with Gasteiger partial charge in [0.05, 0.1) is 19.8 Å². The standard InChI is InChI=1S/C15H23NO3/c1-3-11-4-7-14(15(8-11)18-2)19-10-13(9-17)16-12-5-6-12/h4,7-8,12-13,16-17H,3,5-6,9-10H2,1-2H3. The fraction of sp³-hybridized carbons (Fsp3) is 0.600. The zero-order chi connectivity index (χ0) is 13.7. The summed E-state index contributed by atoms with van der Waals surface area (Å²) in [5.74, 6) is 1.48. The molecule has 2 rings (SSSR count). The Balaban J connectivity index is 1.93. The molecule has 0 aromatic heterocycles. The van der Waals surface area contributed by atoms with Crippen molar-refractivity contribution in [1.29, 1.82) is 0 Å². The monoisotopic (exact) mass is 265 g/mol. The van der Waals surface area contributed by atoms with Crippen LogP contribution in [-0.2, 0) is 6.42 Å². The summed E-state index contributed by atoms with van der Waals surface area (Å²) < 4.78 is 11.1. The molecule has 19 heavy (non-hydrogen) atoms. The van der Waals surface area contributed by atoms with Gasteiger partial charge in [0.2, 0.25) is 0 Å². The minimum Gasteiger partial charge on any atom is -0.493 e. The van der Waals surface area contributed by atoms with Crippen molar-refractivity contribution in [3.63, 3.8) is 0 Å². The topological polar surface area (TPSA) is 50.7 Å². The van der Waals surface area contributed by atoms with E-state index in [2.05, 4.69) is 12.2 Å². The number of benzene rings is 1. The number of hydrogen-bond donors (Lipinski definition) is 2. The van der Waals surface area contributed by atoms with Gasteiger partial charge in [-0.15, -0.1) is 0 Å². The first-order chi connectivity index (χ1) is 9.26. The van der Waals surface area contributed by atoms with Crippen LogP contribution >= 0.6 is 0 Å². The third kappa shape index (κ3) is 4.11. The highest BCUT2D eigenvalue weighted by Gasteiger charge is 2.24. The summed E-state index contributed by atoms with van der Waals surface area (Å²) in [7, 11) is 1.65. The number of rotatable bonds is 8. The zero-order valence-corrected chi connectivity index (χ0v) is 11.7. The summed E-state index contributed by atoms with van der Waals surface area (Å²) in [5.41, 5.74) is 1.22. The molecule has 1 aromatic carbocycles. The van der Waals surface area contributed by atoms with Crippen LogP contribution in [0.15, 0.2) is 18.2 Å². The van der Waals surface area contributed by atoms with E-state index in [4.69, 9.17) is 9.47 Å². The predicted molar refractivity (Wildman–Crippen MR) is 74.9 cm³/mol. The molecule has 4 nitrogen and oxygen atoms in total. The summed E-state index contributed by atoms with van der Waals surface area (Å²) in [6.45, 7) is 2.65. The molecule has 1 saturated carbocycles. The molecule has 4 heteroatoms. The van der Waals surface area contributed by atoms with Gasteiger partial charge in [0.25, 0.3) is 0 Å². The molecular formula is C15H23NO3. The Kier molecular flexibility index (Phi) is 5.05. The summed E-state index contributed by atoms with van der Waals surface area (Å²) >= 11 is 0. The van der Waals surface area contributed by atoms with Crippen molar-refractivity contribution < 1.29 is 14.6 Å². The van der Waals surface area contributed by atoms with Crippen molar-refractivity contribution >= 4 is 0 Å². The molecular weight excluding hydrogens is 242 g/mol. The second-order valence-corrected chi connectivity index (χ2v) is 4.97. The van der Waals surface area contributed by atoms with Gasteiger partial charge in [-0.2, -0.15) is 0 Å². The maximum atomic E-state index is 9.32. The van der Waals surface area contributed by atoms with E-state index in [-0.39, 0.29) is 12.6 Å². The third-order valence-corrected chi connectivity index (χ3v) is 3.35. The molecule has 0 aliphatic heterocycles. The Morgan fingerprint density at radius 3 is 2.74 bits per heavy atom. The van der Waals surface area contributed by atoms with Crippen LogP contribution in [0.4, 0.5) is 0 Å². The molecule has 0 bridgehead atoms. The van der Waals surface area contributed by atoms with E-state index in [0.29, 0.717) is 12.6 Å². The van der Waals surface area contributed by atoms with Gasteiger partial charge in [-0.05, 0) is 37.0 Å². The highest BCUT2D eigenvalue weighted by atomic mass is 16.5. The van der Waals surface area contributed by atoms with E-state index in [1.165, 1.54) is 18.4 Å². The van der Waals surface area contributed by atoms with Crippen molar-refractivity contribution in [2.45, 2.75) is 38.3 Å². The van der Waals surface area contributed by atoms with Crippen molar-refractivity contribution in [3.8, 4) is 11.5 Å². The van der Waals surface area contributed by atoms with Crippen LogP contribution in [0, 0.1) is 0 Å². The Bertz CT molecular complexity index is 404. The zero-order valence-electron chi connectivity index (χ0n) is 11.7. The van der Waals surface area contributed by atoms with E-state index >= 15 is 0 Å². The van der Waals surface area contributed by atoms with Gasteiger partial charge < -0.3 is 19.9 Å². The van der Waals surface area contributed by atoms with Gasteiger partial charge in [0.1, 0.15) is 6.61 Å². The van der Waals surface area contributed by atoms with E-state index in [9.17, 15) is 5.11 Å². The fourth-order valence-electron chi connectivity index (χ4n) is 1.98. The molecule has 1 fully saturated rings. The Morgan fingerprint density at radius 2 is 2.16 bits per heavy atom. The minimum absolute atomic E-state index is 0.0111. The van der Waals surface area contributed by atoms with Gasteiger partial charge in [-0.25, -0.2) is 0 Å². The van der Waals surface area contributed by atoms with Crippen LogP contribution in [-0.4, -0.2) is 37.5 Å². The summed E-state index contributed by atoms with van der Waals surface area (Å²) in [5, 5.41) is 12.7. The maximum absolute atomic E-state index is 9.32. The Hall–Kier alpha value is -1.26. The highest BCUT2D eigenvalue weighted by Crippen LogP contribution is 2.28. The third-order valence-electron chi connectivity index (χ3n) is 3.35. The number of aliphatic hydroxyl groups is 1. The van der Waals surface area contributed by atoms with Crippen LogP contribution in [0.2, 0.25) is 0 Å². The first-order valence-electron chi connectivity index (χ1n) is 6.93. The molecule has 0 radical (unpaired) electrons. The van der Waals surface area contributed by atoms with Crippen molar-refractivity contribution in [1.82, 2.24) is 5.32 Å². The van der Waals surface area contributed by atoms with Crippen LogP contribution < -0.4 is 14.8 Å². The second-order valence-electron chi connectivity index (χ2n) is 4.97. The lowest BCUT2D eigenvalue weighted by molar-refractivity contribution is 0.178. The average Bonchev–Trinajstić information content (AvgIpc) is 3.27. The molecule has 1 atom stereocenters. The SMILES string of the molecule is CCc1ccc(OCC(CO)NC2CC2)c(OC)c1. The van der Waals surface area contributed by atoms with E-state index in [1.807, 2.05) is 18.2 Å². The predicted octanol–water partition coefficient (Wildman–Crippen LogP) is 1.75. The molecule has 1 unspecified atom stereocenters. The van der Waals surface area contributed by atoms with E-state index in [0.717, 1.165) is 17.9 Å². The van der Waals surface area contributed by atoms with E-state index in [1.54, 1.807) is 7.11 Å². The van der Waals surface area contributed by atoms with Crippen molar-refractivity contribution in [2.75, 3.05) is 20.3 Å². The van der Waals surface area contributed by atoms with Crippen LogP contribution in [0.5, 0.6) is 11.5 Å². The lowest BCUT2D eigenvalue weighted by Crippen LogP contribution is -2.39. The number of methoxy groups -OCH3 is 1. The first-order valence-corrected chi connectivity index (χ1v) is 6.93. The van der Waals surface area contributed by atoms with Gasteiger partial charge >= 0.3 is 0 Å². The molecule has 2 N–H and O–H groups in total. The van der Waals surface area contributed by atoms with Crippen molar-refractivity contribution in [2.24, 2.45) is 0 Å². The average molecular weight is 265 g/mol. The van der Waals surface area contributed by atoms with Crippen LogP contribution in [0.25, 0.3) is 0 Å². The minimum atomic E-state index is -0.0111. The normalized spacial score (nSPS) is 16.2. The molecule has 1 aromatic rings. The molecule has 106 valence electrons. The maximum Gasteiger partial charge on any atom is 0.161 e.